The average Bonchev–Trinajstić information content (AvgIpc) is 2.73. The number of pyridine rings is 1. The van der Waals surface area contributed by atoms with Crippen LogP contribution in [0.1, 0.15) is 43.5 Å². The minimum atomic E-state index is -0.169. The van der Waals surface area contributed by atoms with E-state index in [0.29, 0.717) is 6.04 Å². The Morgan fingerprint density at radius 2 is 2.50 bits per heavy atom. The summed E-state index contributed by atoms with van der Waals surface area (Å²) < 4.78 is 0. The molecule has 0 amide bonds. The molecule has 3 nitrogen and oxygen atoms in total. The zero-order valence-electron chi connectivity index (χ0n) is 9.82. The number of aliphatic hydroxyl groups is 1. The van der Waals surface area contributed by atoms with Gasteiger partial charge in [-0.15, -0.1) is 0 Å². The lowest BCUT2D eigenvalue weighted by Gasteiger charge is -2.14. The molecule has 2 unspecified atom stereocenters. The van der Waals surface area contributed by atoms with Gasteiger partial charge in [-0.1, -0.05) is 13.0 Å². The number of hydrogen-bond acceptors (Lipinski definition) is 3. The zero-order valence-corrected chi connectivity index (χ0v) is 9.82. The number of nitrogens with one attached hydrogen (secondary N) is 1. The van der Waals surface area contributed by atoms with Crippen LogP contribution in [0.25, 0.3) is 0 Å². The molecular formula is C13H20N2O. The van der Waals surface area contributed by atoms with Crippen LogP contribution in [0.2, 0.25) is 0 Å². The van der Waals surface area contributed by atoms with Gasteiger partial charge in [0.1, 0.15) is 0 Å². The fourth-order valence-electron chi connectivity index (χ4n) is 2.24. The van der Waals surface area contributed by atoms with Crippen LogP contribution >= 0.6 is 0 Å². The van der Waals surface area contributed by atoms with Crippen LogP contribution in [-0.2, 0) is 6.42 Å². The lowest BCUT2D eigenvalue weighted by Crippen LogP contribution is -2.24. The molecule has 88 valence electrons. The van der Waals surface area contributed by atoms with Crippen LogP contribution in [0.4, 0.5) is 0 Å². The molecule has 1 aromatic rings. The molecule has 1 heterocycles. The molecule has 2 rings (SSSR count). The Bertz CT molecular complexity index is 340. The molecule has 2 N–H and O–H groups in total. The lowest BCUT2D eigenvalue weighted by atomic mass is 10.2. The van der Waals surface area contributed by atoms with Crippen molar-refractivity contribution in [3.05, 3.63) is 29.6 Å². The summed E-state index contributed by atoms with van der Waals surface area (Å²) in [5.74, 6) is 0. The molecule has 0 fully saturated rings. The summed E-state index contributed by atoms with van der Waals surface area (Å²) in [5.41, 5.74) is 2.57. The van der Waals surface area contributed by atoms with Crippen LogP contribution < -0.4 is 5.32 Å². The number of aliphatic hydroxyl groups excluding tert-OH is 1. The SMILES string of the molecule is CCC(O)CCNC1CCc2cccnc21. The number of rotatable bonds is 5. The van der Waals surface area contributed by atoms with E-state index in [9.17, 15) is 5.11 Å². The summed E-state index contributed by atoms with van der Waals surface area (Å²) in [6.45, 7) is 2.88. The van der Waals surface area contributed by atoms with Gasteiger partial charge in [0, 0.05) is 6.20 Å². The smallest absolute Gasteiger partial charge is 0.0605 e. The molecule has 0 saturated heterocycles. The van der Waals surface area contributed by atoms with Gasteiger partial charge in [-0.05, 0) is 43.9 Å². The van der Waals surface area contributed by atoms with E-state index in [1.54, 1.807) is 0 Å². The van der Waals surface area contributed by atoms with Gasteiger partial charge in [0.25, 0.3) is 0 Å². The van der Waals surface area contributed by atoms with Crippen molar-refractivity contribution in [2.45, 2.75) is 44.8 Å². The van der Waals surface area contributed by atoms with E-state index >= 15 is 0 Å². The molecule has 0 spiro atoms. The molecule has 0 aliphatic heterocycles. The first-order valence-electron chi connectivity index (χ1n) is 6.16. The largest absolute Gasteiger partial charge is 0.393 e. The van der Waals surface area contributed by atoms with E-state index in [-0.39, 0.29) is 6.10 Å². The third-order valence-corrected chi connectivity index (χ3v) is 3.30. The van der Waals surface area contributed by atoms with Gasteiger partial charge in [-0.2, -0.15) is 0 Å². The van der Waals surface area contributed by atoms with Crippen molar-refractivity contribution in [2.75, 3.05) is 6.54 Å². The Balaban J connectivity index is 1.84. The minimum Gasteiger partial charge on any atom is -0.393 e. The highest BCUT2D eigenvalue weighted by molar-refractivity contribution is 5.27. The summed E-state index contributed by atoms with van der Waals surface area (Å²) in [7, 11) is 0. The fraction of sp³-hybridized carbons (Fsp3) is 0.615. The van der Waals surface area contributed by atoms with Crippen molar-refractivity contribution in [1.29, 1.82) is 0 Å². The number of aromatic nitrogens is 1. The Morgan fingerprint density at radius 3 is 3.31 bits per heavy atom. The van der Waals surface area contributed by atoms with Crippen LogP contribution in [0, 0.1) is 0 Å². The van der Waals surface area contributed by atoms with Crippen molar-refractivity contribution >= 4 is 0 Å². The highest BCUT2D eigenvalue weighted by Crippen LogP contribution is 2.28. The number of aryl methyl sites for hydroxylation is 1. The van der Waals surface area contributed by atoms with Crippen LogP contribution in [0.5, 0.6) is 0 Å². The van der Waals surface area contributed by atoms with Crippen LogP contribution in [0.3, 0.4) is 0 Å². The van der Waals surface area contributed by atoms with E-state index in [1.165, 1.54) is 11.3 Å². The van der Waals surface area contributed by atoms with Crippen molar-refractivity contribution < 1.29 is 5.11 Å². The maximum atomic E-state index is 9.47. The van der Waals surface area contributed by atoms with Crippen molar-refractivity contribution in [3.8, 4) is 0 Å². The number of nitrogens with zero attached hydrogens (tertiary/aromatic N) is 1. The van der Waals surface area contributed by atoms with Crippen LogP contribution in [0.15, 0.2) is 18.3 Å². The quantitative estimate of drug-likeness (QED) is 0.795. The molecule has 1 aliphatic rings. The van der Waals surface area contributed by atoms with Gasteiger partial charge >= 0.3 is 0 Å². The summed E-state index contributed by atoms with van der Waals surface area (Å²) in [5, 5.41) is 13.0. The Labute approximate surface area is 96.9 Å². The van der Waals surface area contributed by atoms with Crippen molar-refractivity contribution in [2.24, 2.45) is 0 Å². The lowest BCUT2D eigenvalue weighted by molar-refractivity contribution is 0.158. The summed E-state index contributed by atoms with van der Waals surface area (Å²) in [6, 6.07) is 4.55. The number of fused-ring (bicyclic) bond motifs is 1. The van der Waals surface area contributed by atoms with E-state index in [2.05, 4.69) is 16.4 Å². The summed E-state index contributed by atoms with van der Waals surface area (Å²) >= 11 is 0. The molecule has 1 aromatic heterocycles. The Kier molecular flexibility index (Phi) is 3.91. The normalized spacial score (nSPS) is 20.8. The van der Waals surface area contributed by atoms with Gasteiger partial charge in [0.15, 0.2) is 0 Å². The molecular weight excluding hydrogens is 200 g/mol. The van der Waals surface area contributed by atoms with E-state index < -0.39 is 0 Å². The monoisotopic (exact) mass is 220 g/mol. The Hall–Kier alpha value is -0.930. The van der Waals surface area contributed by atoms with E-state index in [0.717, 1.165) is 32.2 Å². The van der Waals surface area contributed by atoms with E-state index in [1.807, 2.05) is 19.2 Å². The molecule has 0 saturated carbocycles. The standard InChI is InChI=1S/C13H20N2O/c1-2-11(16)7-9-14-12-6-5-10-4-3-8-15-13(10)12/h3-4,8,11-12,14,16H,2,5-7,9H2,1H3. The second kappa shape index (κ2) is 5.41. The molecule has 3 heteroatoms. The average molecular weight is 220 g/mol. The van der Waals surface area contributed by atoms with Gasteiger partial charge < -0.3 is 10.4 Å². The van der Waals surface area contributed by atoms with E-state index in [4.69, 9.17) is 0 Å². The molecule has 16 heavy (non-hydrogen) atoms. The topological polar surface area (TPSA) is 45.1 Å². The van der Waals surface area contributed by atoms with Gasteiger partial charge in [-0.3, -0.25) is 4.98 Å². The first kappa shape index (κ1) is 11.6. The molecule has 1 aliphatic carbocycles. The van der Waals surface area contributed by atoms with Crippen molar-refractivity contribution in [1.82, 2.24) is 10.3 Å². The van der Waals surface area contributed by atoms with Crippen LogP contribution in [-0.4, -0.2) is 22.7 Å². The molecule has 0 aromatic carbocycles. The molecule has 0 bridgehead atoms. The Morgan fingerprint density at radius 1 is 1.62 bits per heavy atom. The first-order chi connectivity index (χ1) is 7.81. The maximum absolute atomic E-state index is 9.47. The zero-order chi connectivity index (χ0) is 11.4. The van der Waals surface area contributed by atoms with Gasteiger partial charge in [0.2, 0.25) is 0 Å². The molecule has 2 atom stereocenters. The second-order valence-corrected chi connectivity index (χ2v) is 4.44. The second-order valence-electron chi connectivity index (χ2n) is 4.44. The first-order valence-corrected chi connectivity index (χ1v) is 6.16. The van der Waals surface area contributed by atoms with Gasteiger partial charge in [0.05, 0.1) is 17.8 Å². The fourth-order valence-corrected chi connectivity index (χ4v) is 2.24. The summed E-state index contributed by atoms with van der Waals surface area (Å²) in [6.07, 6.45) is 5.61. The minimum absolute atomic E-state index is 0.169. The predicted octanol–water partition coefficient (Wildman–Crippen LogP) is 1.82. The van der Waals surface area contributed by atoms with Crippen molar-refractivity contribution in [3.63, 3.8) is 0 Å². The third kappa shape index (κ3) is 2.60. The molecule has 0 radical (unpaired) electrons. The predicted molar refractivity (Wildman–Crippen MR) is 64.2 cm³/mol. The summed E-state index contributed by atoms with van der Waals surface area (Å²) in [4.78, 5) is 4.43. The highest BCUT2D eigenvalue weighted by atomic mass is 16.3. The number of hydrogen-bond donors (Lipinski definition) is 2. The highest BCUT2D eigenvalue weighted by Gasteiger charge is 2.22. The third-order valence-electron chi connectivity index (χ3n) is 3.30. The van der Waals surface area contributed by atoms with Gasteiger partial charge in [-0.25, -0.2) is 0 Å². The maximum Gasteiger partial charge on any atom is 0.0605 e.